The van der Waals surface area contributed by atoms with Crippen LogP contribution >= 0.6 is 11.6 Å². The van der Waals surface area contributed by atoms with E-state index in [2.05, 4.69) is 11.9 Å². The first-order chi connectivity index (χ1) is 16.5. The van der Waals surface area contributed by atoms with Crippen molar-refractivity contribution in [1.29, 1.82) is 0 Å². The molecule has 0 heterocycles. The number of methoxy groups -OCH3 is 1. The molecular weight excluding hydrogens is 473 g/mol. The number of aliphatic hydroxyl groups excluding tert-OH is 1. The molecule has 1 spiro atoms. The molecule has 35 heavy (non-hydrogen) atoms. The Morgan fingerprint density at radius 3 is 2.83 bits per heavy atom. The number of carbonyl (C=O) groups is 2. The van der Waals surface area contributed by atoms with Crippen molar-refractivity contribution >= 4 is 23.8 Å². The molecule has 4 aliphatic rings. The van der Waals surface area contributed by atoms with Crippen molar-refractivity contribution < 1.29 is 28.9 Å². The maximum absolute atomic E-state index is 13.9. The van der Waals surface area contributed by atoms with Gasteiger partial charge in [-0.15, -0.1) is 0 Å². The van der Waals surface area contributed by atoms with Crippen LogP contribution in [0.2, 0.25) is 5.02 Å². The van der Waals surface area contributed by atoms with Gasteiger partial charge in [0, 0.05) is 19.6 Å². The fraction of sp³-hybridized carbons (Fsp3) is 0.556. The molecule has 1 amide bonds. The van der Waals surface area contributed by atoms with Crippen LogP contribution in [0, 0.1) is 34.4 Å². The second-order valence-electron chi connectivity index (χ2n) is 11.0. The topological polar surface area (TPSA) is 95.9 Å². The minimum Gasteiger partial charge on any atom is -0.389 e. The summed E-state index contributed by atoms with van der Waals surface area (Å²) in [5.74, 6) is -2.04. The summed E-state index contributed by atoms with van der Waals surface area (Å²) in [6, 6.07) is 4.28. The van der Waals surface area contributed by atoms with Gasteiger partial charge in [0.2, 0.25) is 5.91 Å². The van der Waals surface area contributed by atoms with Crippen LogP contribution in [0.25, 0.3) is 0 Å². The number of aliphatic hydroxyl groups is 2. The fourth-order valence-corrected chi connectivity index (χ4v) is 7.81. The highest BCUT2D eigenvalue weighted by molar-refractivity contribution is 6.30. The molecule has 3 saturated carbocycles. The van der Waals surface area contributed by atoms with Crippen molar-refractivity contribution in [3.05, 3.63) is 58.4 Å². The number of hydrogen-bond donors (Lipinski definition) is 3. The van der Waals surface area contributed by atoms with Crippen LogP contribution in [0.1, 0.15) is 38.2 Å². The van der Waals surface area contributed by atoms with Gasteiger partial charge in [0.05, 0.1) is 28.1 Å². The Labute approximate surface area is 209 Å². The standard InChI is InChI=1S/C27H31ClFNO5/c1-14-10-26-12-27(14,34)7-6-17(26)16-9-20(35-3)23(32)25(2,13-31)21(16)22(26)24(33)30-11-15-4-5-19(29)18(28)8-15/h4-5,8-9,13,17,20-23,32,34H,1,6-7,10-12H2,2-3H3,(H,30,33)/t17-,20+,21?,22+,23-,25-,26-,27-/m0/s1. The summed E-state index contributed by atoms with van der Waals surface area (Å²) in [4.78, 5) is 26.5. The van der Waals surface area contributed by atoms with E-state index in [-0.39, 0.29) is 23.4 Å². The van der Waals surface area contributed by atoms with E-state index < -0.39 is 46.3 Å². The van der Waals surface area contributed by atoms with Gasteiger partial charge in [0.1, 0.15) is 18.2 Å². The van der Waals surface area contributed by atoms with Gasteiger partial charge < -0.3 is 25.1 Å². The van der Waals surface area contributed by atoms with Crippen molar-refractivity contribution in [3.8, 4) is 0 Å². The molecular formula is C27H31ClFNO5. The Kier molecular flexibility index (Phi) is 5.79. The molecule has 0 aliphatic heterocycles. The third-order valence-electron chi connectivity index (χ3n) is 9.31. The molecule has 1 aromatic carbocycles. The van der Waals surface area contributed by atoms with Crippen molar-refractivity contribution in [2.75, 3.05) is 7.11 Å². The van der Waals surface area contributed by atoms with Gasteiger partial charge in [-0.1, -0.05) is 35.9 Å². The highest BCUT2D eigenvalue weighted by atomic mass is 35.5. The van der Waals surface area contributed by atoms with E-state index in [1.165, 1.54) is 19.2 Å². The molecule has 3 fully saturated rings. The van der Waals surface area contributed by atoms with Crippen molar-refractivity contribution in [2.24, 2.45) is 28.6 Å². The number of aldehydes is 1. The van der Waals surface area contributed by atoms with E-state index in [9.17, 15) is 24.2 Å². The van der Waals surface area contributed by atoms with Crippen LogP contribution in [0.5, 0.6) is 0 Å². The predicted molar refractivity (Wildman–Crippen MR) is 128 cm³/mol. The second-order valence-corrected chi connectivity index (χ2v) is 11.4. The van der Waals surface area contributed by atoms with E-state index in [0.717, 1.165) is 17.4 Å². The van der Waals surface area contributed by atoms with Gasteiger partial charge in [0.25, 0.3) is 0 Å². The molecule has 8 heteroatoms. The van der Waals surface area contributed by atoms with Gasteiger partial charge in [-0.25, -0.2) is 4.39 Å². The summed E-state index contributed by atoms with van der Waals surface area (Å²) < 4.78 is 19.1. The van der Waals surface area contributed by atoms with E-state index in [0.29, 0.717) is 31.2 Å². The lowest BCUT2D eigenvalue weighted by Crippen LogP contribution is -2.55. The smallest absolute Gasteiger partial charge is 0.224 e. The van der Waals surface area contributed by atoms with Crippen LogP contribution in [-0.4, -0.2) is 47.3 Å². The van der Waals surface area contributed by atoms with Gasteiger partial charge in [-0.05, 0) is 67.2 Å². The first-order valence-corrected chi connectivity index (χ1v) is 12.4. The van der Waals surface area contributed by atoms with Crippen LogP contribution in [0.15, 0.2) is 42.0 Å². The van der Waals surface area contributed by atoms with Crippen molar-refractivity contribution in [2.45, 2.75) is 57.0 Å². The molecule has 0 radical (unpaired) electrons. The highest BCUT2D eigenvalue weighted by Gasteiger charge is 2.72. The number of nitrogens with one attached hydrogen (secondary N) is 1. The molecule has 1 aromatic rings. The minimum atomic E-state index is -1.25. The molecule has 0 aromatic heterocycles. The molecule has 8 atom stereocenters. The Morgan fingerprint density at radius 1 is 1.43 bits per heavy atom. The zero-order valence-electron chi connectivity index (χ0n) is 19.9. The molecule has 5 rings (SSSR count). The lowest BCUT2D eigenvalue weighted by atomic mass is 9.60. The summed E-state index contributed by atoms with van der Waals surface area (Å²) in [7, 11) is 1.50. The number of halogens is 2. The first kappa shape index (κ1) is 24.6. The number of amides is 1. The van der Waals surface area contributed by atoms with E-state index in [1.807, 2.05) is 6.08 Å². The molecule has 0 saturated heterocycles. The van der Waals surface area contributed by atoms with E-state index >= 15 is 0 Å². The Balaban J connectivity index is 1.58. The Morgan fingerprint density at radius 2 is 2.17 bits per heavy atom. The van der Waals surface area contributed by atoms with E-state index in [1.54, 1.807) is 13.0 Å². The molecule has 4 aliphatic carbocycles. The normalized spacial score (nSPS) is 41.7. The van der Waals surface area contributed by atoms with Gasteiger partial charge >= 0.3 is 0 Å². The zero-order valence-corrected chi connectivity index (χ0v) is 20.6. The predicted octanol–water partition coefficient (Wildman–Crippen LogP) is 3.34. The molecule has 6 nitrogen and oxygen atoms in total. The number of ether oxygens (including phenoxy) is 1. The molecule has 2 bridgehead atoms. The maximum Gasteiger partial charge on any atom is 0.224 e. The summed E-state index contributed by atoms with van der Waals surface area (Å²) in [6.45, 7) is 5.98. The van der Waals surface area contributed by atoms with Crippen LogP contribution in [-0.2, 0) is 20.9 Å². The second kappa shape index (κ2) is 8.23. The Bertz CT molecular complexity index is 1140. The monoisotopic (exact) mass is 503 g/mol. The fourth-order valence-electron chi connectivity index (χ4n) is 7.61. The quantitative estimate of drug-likeness (QED) is 0.423. The summed E-state index contributed by atoms with van der Waals surface area (Å²) in [6.07, 6.45) is 2.94. The summed E-state index contributed by atoms with van der Waals surface area (Å²) in [5, 5.41) is 25.4. The van der Waals surface area contributed by atoms with Gasteiger partial charge in [-0.3, -0.25) is 4.79 Å². The average Bonchev–Trinajstić information content (AvgIpc) is 3.22. The van der Waals surface area contributed by atoms with Gasteiger partial charge in [0.15, 0.2) is 0 Å². The number of rotatable bonds is 5. The number of allylic oxidation sites excluding steroid dienone is 1. The summed E-state index contributed by atoms with van der Waals surface area (Å²) >= 11 is 5.91. The largest absolute Gasteiger partial charge is 0.389 e. The van der Waals surface area contributed by atoms with Crippen molar-refractivity contribution in [1.82, 2.24) is 5.32 Å². The van der Waals surface area contributed by atoms with Gasteiger partial charge in [-0.2, -0.15) is 0 Å². The lowest BCUT2D eigenvalue weighted by Gasteiger charge is -2.45. The first-order valence-electron chi connectivity index (χ1n) is 12.0. The highest BCUT2D eigenvalue weighted by Crippen LogP contribution is 2.73. The number of benzene rings is 1. The third-order valence-corrected chi connectivity index (χ3v) is 9.60. The SMILES string of the molecule is C=C1C[C@]23C[C@@]1(O)CC[C@H]2C1=C[C@@H](OC)[C@H](O)[C@@](C)(C=O)C1[C@@H]3C(=O)NCc1ccc(F)c(Cl)c1. The molecule has 3 N–H and O–H groups in total. The maximum atomic E-state index is 13.9. The summed E-state index contributed by atoms with van der Waals surface area (Å²) in [5.41, 5.74) is -0.579. The zero-order chi connectivity index (χ0) is 25.3. The number of hydrogen-bond acceptors (Lipinski definition) is 5. The lowest BCUT2D eigenvalue weighted by molar-refractivity contribution is -0.145. The number of carbonyl (C=O) groups excluding carboxylic acids is 2. The minimum absolute atomic E-state index is 0.0273. The van der Waals surface area contributed by atoms with Crippen LogP contribution < -0.4 is 5.32 Å². The van der Waals surface area contributed by atoms with Crippen LogP contribution in [0.4, 0.5) is 4.39 Å². The molecule has 188 valence electrons. The van der Waals surface area contributed by atoms with E-state index in [4.69, 9.17) is 16.3 Å². The Hall–Kier alpha value is -2.06. The van der Waals surface area contributed by atoms with Crippen LogP contribution in [0.3, 0.4) is 0 Å². The number of fused-ring (bicyclic) bond motifs is 3. The third kappa shape index (κ3) is 3.39. The van der Waals surface area contributed by atoms with Crippen molar-refractivity contribution in [3.63, 3.8) is 0 Å². The molecule has 1 unspecified atom stereocenters. The average molecular weight is 504 g/mol.